The van der Waals surface area contributed by atoms with Crippen molar-refractivity contribution in [2.45, 2.75) is 32.2 Å². The van der Waals surface area contributed by atoms with Crippen LogP contribution in [0.4, 0.5) is 5.69 Å². The van der Waals surface area contributed by atoms with Gasteiger partial charge in [0.15, 0.2) is 0 Å². The predicted molar refractivity (Wildman–Crippen MR) is 105 cm³/mol. The Morgan fingerprint density at radius 3 is 2.54 bits per heavy atom. The number of hydrogen-bond donors (Lipinski definition) is 1. The Bertz CT molecular complexity index is 778. The molecule has 1 heterocycles. The van der Waals surface area contributed by atoms with Crippen molar-refractivity contribution in [3.05, 3.63) is 42.5 Å². The van der Waals surface area contributed by atoms with Gasteiger partial charge in [-0.1, -0.05) is 36.4 Å². The molecule has 3 rings (SSSR count). The molecular formula is C21H27N3O2. The Hall–Kier alpha value is -2.40. The number of hydrogen-bond acceptors (Lipinski definition) is 3. The smallest absolute Gasteiger partial charge is 0.239 e. The minimum Gasteiger partial charge on any atom is -0.341 e. The SMILES string of the molecule is C[C@H](C(=O)N1CCCCC1)N(C)CC(=O)Nc1cccc2ccccc12. The predicted octanol–water partition coefficient (Wildman–Crippen LogP) is 3.11. The van der Waals surface area contributed by atoms with Crippen molar-refractivity contribution in [1.82, 2.24) is 9.80 Å². The highest BCUT2D eigenvalue weighted by Crippen LogP contribution is 2.23. The van der Waals surface area contributed by atoms with Crippen molar-refractivity contribution in [2.24, 2.45) is 0 Å². The van der Waals surface area contributed by atoms with E-state index < -0.39 is 0 Å². The molecule has 1 saturated heterocycles. The Kier molecular flexibility index (Phi) is 5.89. The lowest BCUT2D eigenvalue weighted by Gasteiger charge is -2.32. The van der Waals surface area contributed by atoms with E-state index in [4.69, 9.17) is 0 Å². The van der Waals surface area contributed by atoms with Crippen molar-refractivity contribution < 1.29 is 9.59 Å². The molecule has 0 unspecified atom stereocenters. The lowest BCUT2D eigenvalue weighted by atomic mass is 10.1. The molecule has 5 heteroatoms. The van der Waals surface area contributed by atoms with Crippen molar-refractivity contribution in [2.75, 3.05) is 32.0 Å². The monoisotopic (exact) mass is 353 g/mol. The van der Waals surface area contributed by atoms with Crippen molar-refractivity contribution in [3.63, 3.8) is 0 Å². The van der Waals surface area contributed by atoms with Crippen LogP contribution in [-0.4, -0.2) is 54.3 Å². The fraction of sp³-hybridized carbons (Fsp3) is 0.429. The molecule has 1 atom stereocenters. The summed E-state index contributed by atoms with van der Waals surface area (Å²) in [4.78, 5) is 28.8. The maximum atomic E-state index is 12.6. The maximum absolute atomic E-state index is 12.6. The Balaban J connectivity index is 1.60. The molecule has 0 aliphatic carbocycles. The van der Waals surface area contributed by atoms with Gasteiger partial charge >= 0.3 is 0 Å². The van der Waals surface area contributed by atoms with Gasteiger partial charge in [-0.15, -0.1) is 0 Å². The molecule has 2 aromatic rings. The molecule has 2 amide bonds. The van der Waals surface area contributed by atoms with Crippen molar-refractivity contribution in [3.8, 4) is 0 Å². The van der Waals surface area contributed by atoms with E-state index in [1.54, 1.807) is 0 Å². The summed E-state index contributed by atoms with van der Waals surface area (Å²) in [6, 6.07) is 13.5. The number of carbonyl (C=O) groups excluding carboxylic acids is 2. The zero-order valence-corrected chi connectivity index (χ0v) is 15.6. The molecule has 2 aromatic carbocycles. The molecule has 0 radical (unpaired) electrons. The highest BCUT2D eigenvalue weighted by molar-refractivity contribution is 6.02. The number of piperidine rings is 1. The summed E-state index contributed by atoms with van der Waals surface area (Å²) in [7, 11) is 1.83. The highest BCUT2D eigenvalue weighted by atomic mass is 16.2. The summed E-state index contributed by atoms with van der Waals surface area (Å²) < 4.78 is 0. The number of anilines is 1. The van der Waals surface area contributed by atoms with Crippen LogP contribution in [0.25, 0.3) is 10.8 Å². The van der Waals surface area contributed by atoms with Gasteiger partial charge < -0.3 is 10.2 Å². The summed E-state index contributed by atoms with van der Waals surface area (Å²) in [6.45, 7) is 3.73. The molecule has 0 aromatic heterocycles. The van der Waals surface area contributed by atoms with Crippen LogP contribution in [-0.2, 0) is 9.59 Å². The number of amides is 2. The van der Waals surface area contributed by atoms with Gasteiger partial charge in [-0.05, 0) is 44.7 Å². The zero-order chi connectivity index (χ0) is 18.5. The van der Waals surface area contributed by atoms with Crippen LogP contribution in [0, 0.1) is 0 Å². The lowest BCUT2D eigenvalue weighted by Crippen LogP contribution is -2.49. The first kappa shape index (κ1) is 18.4. The summed E-state index contributed by atoms with van der Waals surface area (Å²) >= 11 is 0. The van der Waals surface area contributed by atoms with Gasteiger partial charge in [0.1, 0.15) is 0 Å². The van der Waals surface area contributed by atoms with Crippen LogP contribution in [0.1, 0.15) is 26.2 Å². The molecule has 0 spiro atoms. The fourth-order valence-electron chi connectivity index (χ4n) is 3.45. The second kappa shape index (κ2) is 8.32. The minimum atomic E-state index is -0.300. The number of rotatable bonds is 5. The first-order valence-electron chi connectivity index (χ1n) is 9.33. The molecule has 1 N–H and O–H groups in total. The molecule has 138 valence electrons. The average Bonchev–Trinajstić information content (AvgIpc) is 2.67. The second-order valence-corrected chi connectivity index (χ2v) is 7.05. The lowest BCUT2D eigenvalue weighted by molar-refractivity contribution is -0.137. The number of likely N-dealkylation sites (tertiary alicyclic amines) is 1. The topological polar surface area (TPSA) is 52.7 Å². The first-order valence-corrected chi connectivity index (χ1v) is 9.33. The van der Waals surface area contributed by atoms with Crippen LogP contribution in [0.5, 0.6) is 0 Å². The quantitative estimate of drug-likeness (QED) is 0.899. The van der Waals surface area contributed by atoms with E-state index in [1.165, 1.54) is 6.42 Å². The molecule has 5 nitrogen and oxygen atoms in total. The Morgan fingerprint density at radius 2 is 1.77 bits per heavy atom. The second-order valence-electron chi connectivity index (χ2n) is 7.05. The van der Waals surface area contributed by atoms with Crippen molar-refractivity contribution >= 4 is 28.3 Å². The summed E-state index contributed by atoms with van der Waals surface area (Å²) in [5.41, 5.74) is 0.802. The molecule has 0 bridgehead atoms. The third-order valence-electron chi connectivity index (χ3n) is 5.14. The number of benzene rings is 2. The van der Waals surface area contributed by atoms with E-state index in [2.05, 4.69) is 5.32 Å². The van der Waals surface area contributed by atoms with E-state index in [1.807, 2.05) is 66.2 Å². The summed E-state index contributed by atoms with van der Waals surface area (Å²) in [5.74, 6) is 0.00677. The normalized spacial score (nSPS) is 15.9. The average molecular weight is 353 g/mol. The number of likely N-dealkylation sites (N-methyl/N-ethyl adjacent to an activating group) is 1. The molecular weight excluding hydrogens is 326 g/mol. The molecule has 1 fully saturated rings. The maximum Gasteiger partial charge on any atom is 0.239 e. The number of fused-ring (bicyclic) bond motifs is 1. The van der Waals surface area contributed by atoms with Crippen LogP contribution < -0.4 is 5.32 Å². The van der Waals surface area contributed by atoms with E-state index in [0.717, 1.165) is 42.4 Å². The number of carbonyl (C=O) groups is 2. The third kappa shape index (κ3) is 4.22. The first-order chi connectivity index (χ1) is 12.6. The van der Waals surface area contributed by atoms with Gasteiger partial charge in [0.2, 0.25) is 11.8 Å². The molecule has 26 heavy (non-hydrogen) atoms. The van der Waals surface area contributed by atoms with Gasteiger partial charge in [0.05, 0.1) is 12.6 Å². The van der Waals surface area contributed by atoms with Gasteiger partial charge in [0, 0.05) is 24.2 Å². The third-order valence-corrected chi connectivity index (χ3v) is 5.14. The van der Waals surface area contributed by atoms with Gasteiger partial charge in [-0.25, -0.2) is 0 Å². The van der Waals surface area contributed by atoms with E-state index >= 15 is 0 Å². The van der Waals surface area contributed by atoms with Crippen LogP contribution >= 0.6 is 0 Å². The largest absolute Gasteiger partial charge is 0.341 e. The molecule has 1 aliphatic rings. The van der Waals surface area contributed by atoms with Crippen LogP contribution in [0.3, 0.4) is 0 Å². The zero-order valence-electron chi connectivity index (χ0n) is 15.6. The van der Waals surface area contributed by atoms with Crippen molar-refractivity contribution in [1.29, 1.82) is 0 Å². The standard InChI is InChI=1S/C21H27N3O2/c1-16(21(26)24-13-6-3-7-14-24)23(2)15-20(25)22-19-12-8-10-17-9-4-5-11-18(17)19/h4-5,8-12,16H,3,6-7,13-15H2,1-2H3,(H,22,25)/t16-/m1/s1. The van der Waals surface area contributed by atoms with Gasteiger partial charge in [0.25, 0.3) is 0 Å². The summed E-state index contributed by atoms with van der Waals surface area (Å²) in [6.07, 6.45) is 3.34. The number of nitrogens with zero attached hydrogens (tertiary/aromatic N) is 2. The van der Waals surface area contributed by atoms with E-state index in [-0.39, 0.29) is 24.4 Å². The van der Waals surface area contributed by atoms with Crippen LogP contribution in [0.15, 0.2) is 42.5 Å². The van der Waals surface area contributed by atoms with E-state index in [9.17, 15) is 9.59 Å². The molecule has 0 saturated carbocycles. The van der Waals surface area contributed by atoms with Gasteiger partial charge in [-0.3, -0.25) is 14.5 Å². The van der Waals surface area contributed by atoms with Gasteiger partial charge in [-0.2, -0.15) is 0 Å². The molecule has 1 aliphatic heterocycles. The Morgan fingerprint density at radius 1 is 1.08 bits per heavy atom. The number of nitrogens with one attached hydrogen (secondary N) is 1. The highest BCUT2D eigenvalue weighted by Gasteiger charge is 2.26. The van der Waals surface area contributed by atoms with E-state index in [0.29, 0.717) is 0 Å². The minimum absolute atomic E-state index is 0.109. The Labute approximate surface area is 155 Å². The fourth-order valence-corrected chi connectivity index (χ4v) is 3.45. The van der Waals surface area contributed by atoms with Crippen LogP contribution in [0.2, 0.25) is 0 Å². The summed E-state index contributed by atoms with van der Waals surface area (Å²) in [5, 5.41) is 5.09.